The van der Waals surface area contributed by atoms with Gasteiger partial charge in [0, 0.05) is 67.5 Å². The summed E-state index contributed by atoms with van der Waals surface area (Å²) >= 11 is 3.17. The van der Waals surface area contributed by atoms with Crippen LogP contribution in [0.2, 0.25) is 0 Å². The Balaban J connectivity index is 1.37. The van der Waals surface area contributed by atoms with Crippen molar-refractivity contribution in [3.63, 3.8) is 0 Å². The Bertz CT molecular complexity index is 3640. The summed E-state index contributed by atoms with van der Waals surface area (Å²) < 4.78 is 87.4. The van der Waals surface area contributed by atoms with E-state index in [2.05, 4.69) is 6.07 Å². The fraction of sp³-hybridized carbons (Fsp3) is 0. The molecule has 0 aliphatic heterocycles. The molecule has 0 spiro atoms. The third-order valence-corrected chi connectivity index (χ3v) is 13.8. The molecule has 0 aliphatic rings. The van der Waals surface area contributed by atoms with Crippen molar-refractivity contribution in [1.82, 2.24) is 9.13 Å². The quantitative estimate of drug-likeness (QED) is 0.0994. The van der Waals surface area contributed by atoms with Gasteiger partial charge < -0.3 is 9.13 Å². The first-order valence-electron chi connectivity index (χ1n) is 18.6. The van der Waals surface area contributed by atoms with Crippen molar-refractivity contribution in [3.05, 3.63) is 168 Å². The molecule has 0 unspecified atom stereocenters. The number of para-hydroxylation sites is 2. The molecule has 4 heterocycles. The molecule has 0 N–H and O–H groups in total. The zero-order valence-corrected chi connectivity index (χ0v) is 31.9. The second-order valence-electron chi connectivity index (χ2n) is 14.5. The molecule has 8 aromatic carbocycles. The molecule has 0 atom stereocenters. The maximum atomic E-state index is 16.8. The first kappa shape index (κ1) is 34.0. The van der Waals surface area contributed by atoms with E-state index in [-0.39, 0.29) is 22.5 Å². The molecular formula is C49H22F5N3S2. The van der Waals surface area contributed by atoms with Crippen molar-refractivity contribution in [2.45, 2.75) is 0 Å². The van der Waals surface area contributed by atoms with E-state index in [0.29, 0.717) is 22.1 Å². The number of nitrogens with zero attached hydrogens (tertiary/aromatic N) is 3. The van der Waals surface area contributed by atoms with Crippen molar-refractivity contribution in [2.75, 3.05) is 0 Å². The lowest BCUT2D eigenvalue weighted by atomic mass is 9.96. The average Bonchev–Trinajstić information content (AvgIpc) is 4.02. The van der Waals surface area contributed by atoms with Gasteiger partial charge in [-0.25, -0.2) is 22.0 Å². The molecule has 59 heavy (non-hydrogen) atoms. The topological polar surface area (TPSA) is 33.6 Å². The highest BCUT2D eigenvalue weighted by Crippen LogP contribution is 2.49. The molecule has 0 aliphatic carbocycles. The Hall–Kier alpha value is -7.06. The zero-order chi connectivity index (χ0) is 39.8. The summed E-state index contributed by atoms with van der Waals surface area (Å²) in [5.74, 6) is -10.4. The molecule has 0 fully saturated rings. The van der Waals surface area contributed by atoms with E-state index >= 15 is 17.6 Å². The SMILES string of the molecule is N#Cc1cc(-n2c3ccccc3c3ccc4sc5ccccc5c4c32)c(-c2c(F)c(F)c(F)c(F)c2F)c(-n2c3ccccc3c3ccc4sc5ccccc5c4c32)c1. The minimum Gasteiger partial charge on any atom is -0.308 e. The van der Waals surface area contributed by atoms with E-state index < -0.39 is 34.6 Å². The van der Waals surface area contributed by atoms with Crippen molar-refractivity contribution < 1.29 is 22.0 Å². The summed E-state index contributed by atoms with van der Waals surface area (Å²) in [7, 11) is 0. The smallest absolute Gasteiger partial charge is 0.200 e. The lowest BCUT2D eigenvalue weighted by molar-refractivity contribution is 0.381. The highest BCUT2D eigenvalue weighted by molar-refractivity contribution is 7.26. The summed E-state index contributed by atoms with van der Waals surface area (Å²) in [6.07, 6.45) is 0. The summed E-state index contributed by atoms with van der Waals surface area (Å²) in [5.41, 5.74) is 1.46. The molecular weight excluding hydrogens is 790 g/mol. The number of nitriles is 1. The normalized spacial score (nSPS) is 12.1. The molecule has 0 saturated heterocycles. The molecule has 12 aromatic rings. The van der Waals surface area contributed by atoms with E-state index in [4.69, 9.17) is 0 Å². The number of thiophene rings is 2. The standard InChI is InChI=1S/C49H22F5N3S2/c50-43-42(44(51)46(53)47(54)45(43)52)41-33(56-31-13-5-1-9-25(31)27-17-19-37-39(48(27)56)29-11-3-7-15-35(29)58-37)21-24(23-55)22-34(41)57-32-14-6-2-10-26(32)28-18-20-38-40(49(28)57)30-12-4-8-16-36(30)59-38/h1-22H. The number of fused-ring (bicyclic) bond motifs is 14. The van der Waals surface area contributed by atoms with Gasteiger partial charge in [0.2, 0.25) is 5.82 Å². The van der Waals surface area contributed by atoms with Gasteiger partial charge in [0.05, 0.1) is 50.6 Å². The third kappa shape index (κ3) is 4.48. The molecule has 0 saturated carbocycles. The van der Waals surface area contributed by atoms with Crippen LogP contribution >= 0.6 is 22.7 Å². The largest absolute Gasteiger partial charge is 0.308 e. The Morgan fingerprint density at radius 3 is 1.27 bits per heavy atom. The van der Waals surface area contributed by atoms with Crippen LogP contribution in [0.1, 0.15) is 5.56 Å². The molecule has 0 amide bonds. The molecule has 3 nitrogen and oxygen atoms in total. The Morgan fingerprint density at radius 2 is 0.814 bits per heavy atom. The lowest BCUT2D eigenvalue weighted by Gasteiger charge is -2.22. The van der Waals surface area contributed by atoms with Crippen LogP contribution in [0, 0.1) is 40.4 Å². The monoisotopic (exact) mass is 811 g/mol. The van der Waals surface area contributed by atoms with Gasteiger partial charge in [-0.15, -0.1) is 22.7 Å². The summed E-state index contributed by atoms with van der Waals surface area (Å²) in [6.45, 7) is 0. The minimum absolute atomic E-state index is 0.0736. The first-order valence-corrected chi connectivity index (χ1v) is 20.2. The van der Waals surface area contributed by atoms with Gasteiger partial charge in [-0.1, -0.05) is 84.9 Å². The van der Waals surface area contributed by atoms with Gasteiger partial charge >= 0.3 is 0 Å². The zero-order valence-electron chi connectivity index (χ0n) is 30.2. The van der Waals surface area contributed by atoms with Crippen LogP contribution in [-0.2, 0) is 0 Å². The van der Waals surface area contributed by atoms with Crippen LogP contribution in [0.15, 0.2) is 133 Å². The summed E-state index contributed by atoms with van der Waals surface area (Å²) in [5, 5.41) is 17.6. The second-order valence-corrected chi connectivity index (χ2v) is 16.7. The van der Waals surface area contributed by atoms with E-state index in [1.807, 2.05) is 130 Å². The van der Waals surface area contributed by atoms with Gasteiger partial charge in [0.1, 0.15) is 0 Å². The van der Waals surface area contributed by atoms with Gasteiger partial charge in [-0.3, -0.25) is 0 Å². The maximum Gasteiger partial charge on any atom is 0.200 e. The van der Waals surface area contributed by atoms with Gasteiger partial charge in [0.15, 0.2) is 23.3 Å². The maximum absolute atomic E-state index is 16.8. The average molecular weight is 812 g/mol. The first-order chi connectivity index (χ1) is 28.8. The number of hydrogen-bond acceptors (Lipinski definition) is 3. The number of rotatable bonds is 3. The molecule has 4 aromatic heterocycles. The van der Waals surface area contributed by atoms with Crippen LogP contribution in [-0.4, -0.2) is 9.13 Å². The van der Waals surface area contributed by atoms with Crippen molar-refractivity contribution in [1.29, 1.82) is 5.26 Å². The summed E-state index contributed by atoms with van der Waals surface area (Å²) in [6, 6.07) is 44.2. The molecule has 12 rings (SSSR count). The van der Waals surface area contributed by atoms with Crippen molar-refractivity contribution >= 4 is 107 Å². The van der Waals surface area contributed by atoms with Crippen molar-refractivity contribution in [3.8, 4) is 28.6 Å². The molecule has 10 heteroatoms. The number of benzene rings is 8. The number of halogens is 5. The predicted molar refractivity (Wildman–Crippen MR) is 231 cm³/mol. The van der Waals surface area contributed by atoms with Crippen LogP contribution in [0.3, 0.4) is 0 Å². The highest BCUT2D eigenvalue weighted by atomic mass is 32.1. The van der Waals surface area contributed by atoms with Crippen LogP contribution in [0.25, 0.3) is 106 Å². The minimum atomic E-state index is -2.26. The van der Waals surface area contributed by atoms with Crippen LogP contribution in [0.4, 0.5) is 22.0 Å². The molecule has 280 valence electrons. The van der Waals surface area contributed by atoms with Gasteiger partial charge in [-0.2, -0.15) is 5.26 Å². The Morgan fingerprint density at radius 1 is 0.407 bits per heavy atom. The van der Waals surface area contributed by atoms with Gasteiger partial charge in [-0.05, 0) is 48.5 Å². The number of aromatic nitrogens is 2. The van der Waals surface area contributed by atoms with E-state index in [1.165, 1.54) is 12.1 Å². The van der Waals surface area contributed by atoms with E-state index in [0.717, 1.165) is 61.9 Å². The van der Waals surface area contributed by atoms with Crippen molar-refractivity contribution in [2.24, 2.45) is 0 Å². The lowest BCUT2D eigenvalue weighted by Crippen LogP contribution is -2.10. The Kier molecular flexibility index (Phi) is 7.05. The molecule has 0 radical (unpaired) electrons. The fourth-order valence-corrected chi connectivity index (χ4v) is 11.4. The predicted octanol–water partition coefficient (Wildman–Crippen LogP) is 14.9. The number of hydrogen-bond donors (Lipinski definition) is 0. The van der Waals surface area contributed by atoms with E-state index in [9.17, 15) is 9.65 Å². The van der Waals surface area contributed by atoms with Crippen LogP contribution in [0.5, 0.6) is 0 Å². The van der Waals surface area contributed by atoms with Crippen LogP contribution < -0.4 is 0 Å². The third-order valence-electron chi connectivity index (χ3n) is 11.5. The van der Waals surface area contributed by atoms with Gasteiger partial charge in [0.25, 0.3) is 0 Å². The van der Waals surface area contributed by atoms with E-state index in [1.54, 1.807) is 22.7 Å². The highest BCUT2D eigenvalue weighted by Gasteiger charge is 2.33. The fourth-order valence-electron chi connectivity index (χ4n) is 9.14. The second kappa shape index (κ2) is 12.2. The summed E-state index contributed by atoms with van der Waals surface area (Å²) in [4.78, 5) is 0. The Labute approximate surface area is 338 Å². The molecule has 0 bridgehead atoms.